The zero-order chi connectivity index (χ0) is 13.1. The molecule has 1 aromatic carbocycles. The second kappa shape index (κ2) is 5.58. The van der Waals surface area contributed by atoms with Crippen molar-refractivity contribution in [2.24, 2.45) is 0 Å². The Morgan fingerprint density at radius 1 is 1.17 bits per heavy atom. The number of nitrogens with zero attached hydrogens (tertiary/aromatic N) is 2. The Balaban J connectivity index is 2.68. The lowest BCUT2D eigenvalue weighted by molar-refractivity contribution is 1.20. The summed E-state index contributed by atoms with van der Waals surface area (Å²) in [5.74, 6) is 0. The molecule has 18 heavy (non-hydrogen) atoms. The molecule has 0 aliphatic heterocycles. The summed E-state index contributed by atoms with van der Waals surface area (Å²) in [6, 6.07) is 9.00. The number of pyridine rings is 1. The number of benzene rings is 1. The van der Waals surface area contributed by atoms with E-state index in [1.807, 2.05) is 0 Å². The van der Waals surface area contributed by atoms with Crippen LogP contribution in [0.25, 0.3) is 11.3 Å². The number of hydrogen-bond acceptors (Lipinski definition) is 2. The predicted molar refractivity (Wildman–Crippen MR) is 74.0 cm³/mol. The molecule has 0 saturated carbocycles. The predicted octanol–water partition coefficient (Wildman–Crippen LogP) is 4.77. The third kappa shape index (κ3) is 2.59. The third-order valence-corrected chi connectivity index (χ3v) is 3.24. The molecule has 5 heteroatoms. The van der Waals surface area contributed by atoms with Crippen molar-refractivity contribution in [2.75, 3.05) is 0 Å². The summed E-state index contributed by atoms with van der Waals surface area (Å²) < 4.78 is 0. The summed E-state index contributed by atoms with van der Waals surface area (Å²) in [6.45, 7) is 0. The number of aromatic nitrogens is 1. The van der Waals surface area contributed by atoms with Crippen LogP contribution in [0.4, 0.5) is 0 Å². The summed E-state index contributed by atoms with van der Waals surface area (Å²) in [4.78, 5) is 4.24. The fourth-order valence-electron chi connectivity index (χ4n) is 1.65. The third-order valence-electron chi connectivity index (χ3n) is 2.40. The van der Waals surface area contributed by atoms with Gasteiger partial charge in [-0.3, -0.25) is 4.98 Å². The molecule has 2 rings (SSSR count). The largest absolute Gasteiger partial charge is 0.254 e. The molecular weight excluding hydrogens is 291 g/mol. The minimum Gasteiger partial charge on any atom is -0.254 e. The number of rotatable bonds is 2. The Hall–Kier alpha value is -1.27. The number of nitriles is 1. The van der Waals surface area contributed by atoms with Crippen LogP contribution in [-0.2, 0) is 6.42 Å². The quantitative estimate of drug-likeness (QED) is 0.800. The molecule has 0 saturated heterocycles. The topological polar surface area (TPSA) is 36.7 Å². The maximum absolute atomic E-state index is 8.83. The molecule has 0 radical (unpaired) electrons. The molecule has 90 valence electrons. The van der Waals surface area contributed by atoms with E-state index in [1.54, 1.807) is 24.3 Å². The van der Waals surface area contributed by atoms with Gasteiger partial charge in [0, 0.05) is 11.8 Å². The lowest BCUT2D eigenvalue weighted by Gasteiger charge is -2.10. The minimum absolute atomic E-state index is 0.199. The van der Waals surface area contributed by atoms with E-state index in [0.29, 0.717) is 31.9 Å². The molecule has 0 aliphatic carbocycles. The Labute approximate surface area is 120 Å². The molecule has 0 bridgehead atoms. The minimum atomic E-state index is 0.199. The molecule has 0 N–H and O–H groups in total. The van der Waals surface area contributed by atoms with Gasteiger partial charge in [0.05, 0.1) is 33.3 Å². The number of hydrogen-bond donors (Lipinski definition) is 0. The fourth-order valence-corrected chi connectivity index (χ4v) is 2.41. The first-order valence-electron chi connectivity index (χ1n) is 5.09. The van der Waals surface area contributed by atoms with Gasteiger partial charge in [0.15, 0.2) is 0 Å². The van der Waals surface area contributed by atoms with Gasteiger partial charge >= 0.3 is 0 Å². The van der Waals surface area contributed by atoms with E-state index in [4.69, 9.17) is 40.1 Å². The van der Waals surface area contributed by atoms with Crippen molar-refractivity contribution in [2.45, 2.75) is 6.42 Å². The molecule has 0 atom stereocenters. The first-order valence-corrected chi connectivity index (χ1v) is 6.22. The second-order valence-corrected chi connectivity index (χ2v) is 4.84. The van der Waals surface area contributed by atoms with E-state index in [0.717, 1.165) is 0 Å². The van der Waals surface area contributed by atoms with E-state index in [-0.39, 0.29) is 6.42 Å². The highest BCUT2D eigenvalue weighted by atomic mass is 35.5. The molecule has 1 heterocycles. The van der Waals surface area contributed by atoms with Crippen molar-refractivity contribution in [3.8, 4) is 17.3 Å². The zero-order valence-electron chi connectivity index (χ0n) is 9.12. The van der Waals surface area contributed by atoms with Crippen molar-refractivity contribution >= 4 is 34.8 Å². The van der Waals surface area contributed by atoms with Crippen molar-refractivity contribution in [3.63, 3.8) is 0 Å². The van der Waals surface area contributed by atoms with Gasteiger partial charge < -0.3 is 0 Å². The van der Waals surface area contributed by atoms with E-state index in [1.165, 1.54) is 6.20 Å². The molecule has 0 amide bonds. The molecule has 0 unspecified atom stereocenters. The zero-order valence-corrected chi connectivity index (χ0v) is 11.4. The smallest absolute Gasteiger partial charge is 0.0775 e. The maximum Gasteiger partial charge on any atom is 0.0775 e. The van der Waals surface area contributed by atoms with Crippen molar-refractivity contribution in [3.05, 3.63) is 51.1 Å². The lowest BCUT2D eigenvalue weighted by atomic mass is 10.0. The second-order valence-electron chi connectivity index (χ2n) is 3.59. The van der Waals surface area contributed by atoms with Crippen LogP contribution in [0.5, 0.6) is 0 Å². The van der Waals surface area contributed by atoms with Crippen LogP contribution in [0.15, 0.2) is 30.5 Å². The van der Waals surface area contributed by atoms with Crippen LogP contribution in [0.2, 0.25) is 15.1 Å². The van der Waals surface area contributed by atoms with Gasteiger partial charge in [-0.25, -0.2) is 0 Å². The van der Waals surface area contributed by atoms with E-state index in [2.05, 4.69) is 11.1 Å². The van der Waals surface area contributed by atoms with Gasteiger partial charge in [-0.2, -0.15) is 5.26 Å². The van der Waals surface area contributed by atoms with Crippen LogP contribution in [-0.4, -0.2) is 4.98 Å². The highest BCUT2D eigenvalue weighted by Gasteiger charge is 2.14. The Bertz CT molecular complexity index is 612. The van der Waals surface area contributed by atoms with Crippen molar-refractivity contribution in [1.29, 1.82) is 5.26 Å². The van der Waals surface area contributed by atoms with Crippen molar-refractivity contribution in [1.82, 2.24) is 4.98 Å². The molecule has 0 fully saturated rings. The monoisotopic (exact) mass is 296 g/mol. The van der Waals surface area contributed by atoms with E-state index >= 15 is 0 Å². The highest BCUT2D eigenvalue weighted by molar-refractivity contribution is 6.39. The Kier molecular flexibility index (Phi) is 4.08. The molecule has 2 aromatic rings. The van der Waals surface area contributed by atoms with Gasteiger partial charge in [-0.15, -0.1) is 0 Å². The van der Waals surface area contributed by atoms with Gasteiger partial charge in [0.2, 0.25) is 0 Å². The van der Waals surface area contributed by atoms with Gasteiger partial charge in [-0.1, -0.05) is 40.9 Å². The number of halogens is 3. The lowest BCUT2D eigenvalue weighted by Crippen LogP contribution is -1.94. The molecular formula is C13H7Cl3N2. The first kappa shape index (κ1) is 13.2. The highest BCUT2D eigenvalue weighted by Crippen LogP contribution is 2.35. The van der Waals surface area contributed by atoms with Crippen molar-refractivity contribution < 1.29 is 0 Å². The van der Waals surface area contributed by atoms with Crippen LogP contribution in [0.3, 0.4) is 0 Å². The summed E-state index contributed by atoms with van der Waals surface area (Å²) >= 11 is 18.2. The van der Waals surface area contributed by atoms with Crippen LogP contribution in [0.1, 0.15) is 5.56 Å². The molecule has 2 nitrogen and oxygen atoms in total. The van der Waals surface area contributed by atoms with E-state index < -0.39 is 0 Å². The fraction of sp³-hybridized carbons (Fsp3) is 0.0769. The van der Waals surface area contributed by atoms with Crippen LogP contribution < -0.4 is 0 Å². The molecule has 0 aliphatic rings. The normalized spacial score (nSPS) is 10.1. The Morgan fingerprint density at radius 3 is 2.44 bits per heavy atom. The van der Waals surface area contributed by atoms with Gasteiger partial charge in [0.1, 0.15) is 0 Å². The average Bonchev–Trinajstić information content (AvgIpc) is 2.32. The van der Waals surface area contributed by atoms with Crippen LogP contribution in [0, 0.1) is 11.3 Å². The first-order chi connectivity index (χ1) is 8.63. The molecule has 0 spiro atoms. The van der Waals surface area contributed by atoms with E-state index in [9.17, 15) is 0 Å². The average molecular weight is 298 g/mol. The standard InChI is InChI=1S/C13H7Cl3N2/c14-9-6-8(4-5-17)13(18-7-9)12-10(15)2-1-3-11(12)16/h1-3,6-7H,4H2. The summed E-state index contributed by atoms with van der Waals surface area (Å²) in [7, 11) is 0. The molecule has 1 aromatic heterocycles. The summed E-state index contributed by atoms with van der Waals surface area (Å²) in [5, 5.41) is 10.3. The maximum atomic E-state index is 8.83. The van der Waals surface area contributed by atoms with Gasteiger partial charge in [0.25, 0.3) is 0 Å². The van der Waals surface area contributed by atoms with Gasteiger partial charge in [-0.05, 0) is 23.8 Å². The Morgan fingerprint density at radius 2 is 1.83 bits per heavy atom. The van der Waals surface area contributed by atoms with Crippen LogP contribution >= 0.6 is 34.8 Å². The summed E-state index contributed by atoms with van der Waals surface area (Å²) in [6.07, 6.45) is 1.71. The SMILES string of the molecule is N#CCc1cc(Cl)cnc1-c1c(Cl)cccc1Cl. The summed E-state index contributed by atoms with van der Waals surface area (Å²) in [5.41, 5.74) is 1.93.